The highest BCUT2D eigenvalue weighted by Gasteiger charge is 2.40. The van der Waals surface area contributed by atoms with Gasteiger partial charge in [0.15, 0.2) is 5.76 Å². The van der Waals surface area contributed by atoms with Crippen LogP contribution < -0.4 is 9.64 Å². The minimum atomic E-state index is -0.762. The molecule has 1 aliphatic heterocycles. The molecule has 2 aromatic rings. The van der Waals surface area contributed by atoms with Crippen LogP contribution in [-0.4, -0.2) is 23.5 Å². The molecule has 0 atom stereocenters. The van der Waals surface area contributed by atoms with Crippen molar-refractivity contribution in [2.75, 3.05) is 11.5 Å². The van der Waals surface area contributed by atoms with Crippen molar-refractivity contribution in [1.29, 1.82) is 0 Å². The number of anilines is 1. The molecule has 2 amide bonds. The molecule has 134 valence electrons. The zero-order valence-corrected chi connectivity index (χ0v) is 15.2. The summed E-state index contributed by atoms with van der Waals surface area (Å²) in [6.45, 7) is 4.36. The lowest BCUT2D eigenvalue weighted by Gasteiger charge is -2.17. The topological polar surface area (TPSA) is 66.8 Å². The molecule has 5 nitrogen and oxygen atoms in total. The first-order chi connectivity index (χ1) is 12.4. The van der Waals surface area contributed by atoms with Gasteiger partial charge >= 0.3 is 5.91 Å². The van der Waals surface area contributed by atoms with Gasteiger partial charge in [0.2, 0.25) is 0 Å². The van der Waals surface area contributed by atoms with E-state index in [1.807, 2.05) is 6.92 Å². The molecule has 1 heterocycles. The van der Waals surface area contributed by atoms with Crippen LogP contribution in [0.3, 0.4) is 0 Å². The Morgan fingerprint density at radius 2 is 1.77 bits per heavy atom. The smallest absolute Gasteiger partial charge is 0.301 e. The summed E-state index contributed by atoms with van der Waals surface area (Å²) < 4.78 is 5.51. The molecule has 0 radical (unpaired) electrons. The Kier molecular flexibility index (Phi) is 5.00. The van der Waals surface area contributed by atoms with Crippen LogP contribution in [0.25, 0.3) is 5.57 Å². The van der Waals surface area contributed by atoms with Gasteiger partial charge < -0.3 is 9.84 Å². The van der Waals surface area contributed by atoms with Crippen molar-refractivity contribution < 1.29 is 19.4 Å². The average molecular weight is 372 g/mol. The van der Waals surface area contributed by atoms with E-state index in [0.29, 0.717) is 34.2 Å². The minimum absolute atomic E-state index is 0.0311. The van der Waals surface area contributed by atoms with E-state index < -0.39 is 17.6 Å². The molecular weight excluding hydrogens is 354 g/mol. The molecular formula is C20H18ClNO4. The number of rotatable bonds is 5. The summed E-state index contributed by atoms with van der Waals surface area (Å²) >= 11 is 6.00. The van der Waals surface area contributed by atoms with Crippen molar-refractivity contribution >= 4 is 34.7 Å². The number of imide groups is 1. The molecule has 0 aromatic heterocycles. The Bertz CT molecular complexity index is 903. The maximum Gasteiger partial charge on any atom is 0.301 e. The van der Waals surface area contributed by atoms with Crippen LogP contribution in [0.15, 0.2) is 48.2 Å². The third-order valence-electron chi connectivity index (χ3n) is 4.09. The van der Waals surface area contributed by atoms with E-state index in [2.05, 4.69) is 0 Å². The summed E-state index contributed by atoms with van der Waals surface area (Å²) in [5.41, 5.74) is 1.48. The minimum Gasteiger partial charge on any atom is -0.502 e. The normalized spacial score (nSPS) is 14.3. The summed E-state index contributed by atoms with van der Waals surface area (Å²) in [6.07, 6.45) is 0.884. The van der Waals surface area contributed by atoms with Gasteiger partial charge in [0.25, 0.3) is 5.91 Å². The second-order valence-corrected chi connectivity index (χ2v) is 6.41. The summed E-state index contributed by atoms with van der Waals surface area (Å²) in [5.74, 6) is -1.26. The fraction of sp³-hybridized carbons (Fsp3) is 0.200. The van der Waals surface area contributed by atoms with Gasteiger partial charge in [-0.1, -0.05) is 36.7 Å². The quantitative estimate of drug-likeness (QED) is 0.796. The zero-order valence-electron chi connectivity index (χ0n) is 14.5. The van der Waals surface area contributed by atoms with Crippen LogP contribution in [-0.2, 0) is 9.59 Å². The van der Waals surface area contributed by atoms with E-state index in [1.54, 1.807) is 43.3 Å². The number of nitrogens with zero attached hydrogens (tertiary/aromatic N) is 1. The van der Waals surface area contributed by atoms with Crippen molar-refractivity contribution in [3.05, 3.63) is 64.4 Å². The predicted octanol–water partition coefficient (Wildman–Crippen LogP) is 4.28. The SMILES string of the molecule is CCCOc1ccc(C2=C(O)C(=O)N(c3cc(Cl)ccc3C)C2=O)cc1. The third kappa shape index (κ3) is 3.18. The van der Waals surface area contributed by atoms with Crippen molar-refractivity contribution in [2.45, 2.75) is 20.3 Å². The molecule has 0 aliphatic carbocycles. The summed E-state index contributed by atoms with van der Waals surface area (Å²) in [7, 11) is 0. The van der Waals surface area contributed by atoms with E-state index >= 15 is 0 Å². The maximum absolute atomic E-state index is 12.9. The largest absolute Gasteiger partial charge is 0.502 e. The molecule has 0 bridgehead atoms. The number of amides is 2. The monoisotopic (exact) mass is 371 g/mol. The molecule has 6 heteroatoms. The number of aryl methyl sites for hydroxylation is 1. The molecule has 0 fully saturated rings. The third-order valence-corrected chi connectivity index (χ3v) is 4.32. The van der Waals surface area contributed by atoms with Crippen molar-refractivity contribution in [2.24, 2.45) is 0 Å². The second kappa shape index (κ2) is 7.22. The second-order valence-electron chi connectivity index (χ2n) is 5.97. The van der Waals surface area contributed by atoms with Gasteiger partial charge in [-0.2, -0.15) is 0 Å². The fourth-order valence-electron chi connectivity index (χ4n) is 2.76. The number of carbonyl (C=O) groups excluding carboxylic acids is 2. The molecule has 26 heavy (non-hydrogen) atoms. The van der Waals surface area contributed by atoms with Gasteiger partial charge in [-0.3, -0.25) is 9.59 Å². The van der Waals surface area contributed by atoms with Crippen LogP contribution in [0.5, 0.6) is 5.75 Å². The Morgan fingerprint density at radius 3 is 2.42 bits per heavy atom. The molecule has 1 N–H and O–H groups in total. The molecule has 0 saturated heterocycles. The van der Waals surface area contributed by atoms with Crippen molar-refractivity contribution in [1.82, 2.24) is 0 Å². The van der Waals surface area contributed by atoms with Gasteiger partial charge in [0.05, 0.1) is 17.9 Å². The van der Waals surface area contributed by atoms with Crippen molar-refractivity contribution in [3.8, 4) is 5.75 Å². The van der Waals surface area contributed by atoms with Gasteiger partial charge in [-0.15, -0.1) is 0 Å². The standard InChI is InChI=1S/C20H18ClNO4/c1-3-10-26-15-8-5-13(6-9-15)17-18(23)20(25)22(19(17)24)16-11-14(21)7-4-12(16)2/h4-9,11,23H,3,10H2,1-2H3. The molecule has 0 spiro atoms. The van der Waals surface area contributed by atoms with Crippen LogP contribution in [0.4, 0.5) is 5.69 Å². The van der Waals surface area contributed by atoms with Gasteiger partial charge in [-0.05, 0) is 48.7 Å². The lowest BCUT2D eigenvalue weighted by Crippen LogP contribution is -2.32. The lowest BCUT2D eigenvalue weighted by atomic mass is 10.1. The summed E-state index contributed by atoms with van der Waals surface area (Å²) in [4.78, 5) is 26.3. The Labute approximate surface area is 156 Å². The number of ether oxygens (including phenoxy) is 1. The number of halogens is 1. The molecule has 0 saturated carbocycles. The molecule has 3 rings (SSSR count). The van der Waals surface area contributed by atoms with Gasteiger partial charge in [0, 0.05) is 5.02 Å². The van der Waals surface area contributed by atoms with E-state index in [4.69, 9.17) is 16.3 Å². The first-order valence-electron chi connectivity index (χ1n) is 8.25. The maximum atomic E-state index is 12.9. The fourth-order valence-corrected chi connectivity index (χ4v) is 2.92. The molecule has 2 aromatic carbocycles. The number of carbonyl (C=O) groups is 2. The highest BCUT2D eigenvalue weighted by molar-refractivity contribution is 6.45. The van der Waals surface area contributed by atoms with Crippen LogP contribution in [0, 0.1) is 6.92 Å². The van der Waals surface area contributed by atoms with E-state index in [-0.39, 0.29) is 5.57 Å². The summed E-state index contributed by atoms with van der Waals surface area (Å²) in [5, 5.41) is 10.7. The highest BCUT2D eigenvalue weighted by atomic mass is 35.5. The van der Waals surface area contributed by atoms with E-state index in [9.17, 15) is 14.7 Å². The van der Waals surface area contributed by atoms with Gasteiger partial charge in [0.1, 0.15) is 5.75 Å². The molecule has 1 aliphatic rings. The van der Waals surface area contributed by atoms with E-state index in [0.717, 1.165) is 11.3 Å². The first-order valence-corrected chi connectivity index (χ1v) is 8.63. The van der Waals surface area contributed by atoms with Crippen LogP contribution in [0.1, 0.15) is 24.5 Å². The number of hydrogen-bond donors (Lipinski definition) is 1. The first kappa shape index (κ1) is 18.0. The van der Waals surface area contributed by atoms with Crippen molar-refractivity contribution in [3.63, 3.8) is 0 Å². The lowest BCUT2D eigenvalue weighted by molar-refractivity contribution is -0.121. The highest BCUT2D eigenvalue weighted by Crippen LogP contribution is 2.35. The number of benzene rings is 2. The number of hydrogen-bond acceptors (Lipinski definition) is 4. The Hall–Kier alpha value is -2.79. The average Bonchev–Trinajstić information content (AvgIpc) is 2.85. The van der Waals surface area contributed by atoms with Crippen LogP contribution >= 0.6 is 11.6 Å². The van der Waals surface area contributed by atoms with E-state index in [1.165, 1.54) is 6.07 Å². The number of aliphatic hydroxyl groups is 1. The van der Waals surface area contributed by atoms with Gasteiger partial charge in [-0.25, -0.2) is 4.90 Å². The van der Waals surface area contributed by atoms with Crippen LogP contribution in [0.2, 0.25) is 5.02 Å². The number of aliphatic hydroxyl groups excluding tert-OH is 1. The zero-order chi connectivity index (χ0) is 18.8. The Balaban J connectivity index is 1.95. The predicted molar refractivity (Wildman–Crippen MR) is 100 cm³/mol. The molecule has 0 unspecified atom stereocenters. The summed E-state index contributed by atoms with van der Waals surface area (Å²) in [6, 6.07) is 11.6. The Morgan fingerprint density at radius 1 is 1.08 bits per heavy atom.